The minimum atomic E-state index is -4.08. The van der Waals surface area contributed by atoms with Gasteiger partial charge in [0.15, 0.2) is 22.8 Å². The van der Waals surface area contributed by atoms with Crippen molar-refractivity contribution in [3.8, 4) is 16.2 Å². The second-order valence-electron chi connectivity index (χ2n) is 8.72. The maximum Gasteiger partial charge on any atom is 0.351 e. The first-order chi connectivity index (χ1) is 19.2. The van der Waals surface area contributed by atoms with E-state index in [4.69, 9.17) is 9.47 Å². The molecule has 0 atom stereocenters. The number of nitro groups is 1. The lowest BCUT2D eigenvalue weighted by Gasteiger charge is -2.35. The van der Waals surface area contributed by atoms with Gasteiger partial charge in [-0.05, 0) is 59.6 Å². The van der Waals surface area contributed by atoms with Gasteiger partial charge >= 0.3 is 5.97 Å². The number of carbonyl (C=O) groups excluding carboxylic acids is 2. The van der Waals surface area contributed by atoms with Crippen LogP contribution in [0.15, 0.2) is 59.3 Å². The van der Waals surface area contributed by atoms with Crippen LogP contribution in [0, 0.1) is 10.1 Å². The quantitative estimate of drug-likeness (QED) is 0.109. The lowest BCUT2D eigenvalue weighted by atomic mass is 10.1. The Morgan fingerprint density at radius 2 is 1.98 bits per heavy atom. The fourth-order valence-electron chi connectivity index (χ4n) is 4.50. The molecule has 2 heterocycles. The van der Waals surface area contributed by atoms with Crippen LogP contribution in [-0.4, -0.2) is 51.5 Å². The molecule has 3 aromatic rings. The van der Waals surface area contributed by atoms with Crippen molar-refractivity contribution in [2.45, 2.75) is 24.6 Å². The van der Waals surface area contributed by atoms with Gasteiger partial charge in [-0.3, -0.25) is 14.4 Å². The van der Waals surface area contributed by atoms with Crippen molar-refractivity contribution in [2.75, 3.05) is 24.5 Å². The molecule has 1 aliphatic heterocycles. The number of piperidine rings is 1. The Balaban J connectivity index is 1.81. The summed E-state index contributed by atoms with van der Waals surface area (Å²) in [6, 6.07) is 12.2. The number of benzene rings is 2. The number of carbonyl (C=O) groups is 1. The lowest BCUT2D eigenvalue weighted by Crippen LogP contribution is -2.46. The standard InChI is InChI=1S/C26H24BrN3O8S2/c1-37-26(32)25-23(38-14-13-31)22(27)24(39-25)17-6-4-7-20(15-17)29(19-9-11-28-12-10-19)40(35,36)16-18-5-2-3-8-21(18)30(33)34/h2-8,14-15,19,28H,9-12,16H2,1H3. The van der Waals surface area contributed by atoms with E-state index >= 15 is 0 Å². The van der Waals surface area contributed by atoms with E-state index in [1.54, 1.807) is 30.3 Å². The molecule has 0 saturated carbocycles. The zero-order chi connectivity index (χ0) is 28.9. The van der Waals surface area contributed by atoms with E-state index < -0.39 is 26.7 Å². The molecule has 14 heteroatoms. The van der Waals surface area contributed by atoms with Gasteiger partial charge in [-0.1, -0.05) is 30.3 Å². The number of para-hydroxylation sites is 1. The fraction of sp³-hybridized carbons (Fsp3) is 0.269. The minimum absolute atomic E-state index is 0.0693. The minimum Gasteiger partial charge on any atom is -0.465 e. The summed E-state index contributed by atoms with van der Waals surface area (Å²) in [7, 11) is -2.86. The van der Waals surface area contributed by atoms with Gasteiger partial charge in [0.25, 0.3) is 5.69 Å². The SMILES string of the molecule is COC(=O)c1sc(-c2cccc(N(C3CCNCC3)S(=O)(=O)Cc3ccccc3[N+](=O)[O-])c2)c(Br)c1OC=C=O. The average Bonchev–Trinajstić information content (AvgIpc) is 3.27. The molecular weight excluding hydrogens is 626 g/mol. The Morgan fingerprint density at radius 3 is 2.65 bits per heavy atom. The summed E-state index contributed by atoms with van der Waals surface area (Å²) in [4.78, 5) is 34.7. The molecule has 1 aliphatic rings. The molecule has 0 spiro atoms. The van der Waals surface area contributed by atoms with Crippen molar-refractivity contribution < 1.29 is 32.4 Å². The third-order valence-corrected chi connectivity index (χ3v) is 10.2. The molecule has 0 amide bonds. The number of halogens is 1. The number of ether oxygens (including phenoxy) is 2. The number of sulfonamides is 1. The normalized spacial score (nSPS) is 13.8. The summed E-state index contributed by atoms with van der Waals surface area (Å²) in [6.45, 7) is 1.23. The Bertz CT molecular complexity index is 1580. The maximum atomic E-state index is 13.9. The highest BCUT2D eigenvalue weighted by Crippen LogP contribution is 2.47. The van der Waals surface area contributed by atoms with Gasteiger partial charge in [-0.15, -0.1) is 11.3 Å². The third kappa shape index (κ3) is 6.26. The highest BCUT2D eigenvalue weighted by atomic mass is 79.9. The smallest absolute Gasteiger partial charge is 0.351 e. The first kappa shape index (κ1) is 29.4. The molecule has 0 radical (unpaired) electrons. The number of hydrogen-bond donors (Lipinski definition) is 1. The largest absolute Gasteiger partial charge is 0.465 e. The van der Waals surface area contributed by atoms with E-state index in [0.29, 0.717) is 46.5 Å². The number of nitrogens with one attached hydrogen (secondary N) is 1. The lowest BCUT2D eigenvalue weighted by molar-refractivity contribution is -0.385. The van der Waals surface area contributed by atoms with Gasteiger partial charge in [-0.2, -0.15) is 0 Å². The van der Waals surface area contributed by atoms with Crippen molar-refractivity contribution in [1.29, 1.82) is 0 Å². The number of nitro benzene ring substituents is 1. The second kappa shape index (κ2) is 12.7. The summed E-state index contributed by atoms with van der Waals surface area (Å²) >= 11 is 4.48. The second-order valence-corrected chi connectivity index (χ2v) is 12.4. The first-order valence-electron chi connectivity index (χ1n) is 12.0. The molecule has 210 valence electrons. The van der Waals surface area contributed by atoms with Crippen LogP contribution >= 0.6 is 27.3 Å². The molecule has 1 N–H and O–H groups in total. The highest BCUT2D eigenvalue weighted by molar-refractivity contribution is 9.10. The van der Waals surface area contributed by atoms with Gasteiger partial charge in [0.05, 0.1) is 27.1 Å². The summed E-state index contributed by atoms with van der Waals surface area (Å²) < 4.78 is 39.8. The first-order valence-corrected chi connectivity index (χ1v) is 15.2. The summed E-state index contributed by atoms with van der Waals surface area (Å²) in [6.07, 6.45) is 1.87. The van der Waals surface area contributed by atoms with E-state index in [-0.39, 0.29) is 27.9 Å². The van der Waals surface area contributed by atoms with Gasteiger partial charge in [0.1, 0.15) is 5.75 Å². The Hall–Kier alpha value is -3.55. The number of methoxy groups -OCH3 is 1. The summed E-state index contributed by atoms with van der Waals surface area (Å²) in [5.74, 6) is 0.340. The predicted molar refractivity (Wildman–Crippen MR) is 154 cm³/mol. The van der Waals surface area contributed by atoms with Crippen LogP contribution in [0.5, 0.6) is 5.75 Å². The monoisotopic (exact) mass is 649 g/mol. The molecule has 0 unspecified atom stereocenters. The molecule has 1 fully saturated rings. The number of esters is 1. The van der Waals surface area contributed by atoms with Gasteiger partial charge in [-0.25, -0.2) is 18.0 Å². The summed E-state index contributed by atoms with van der Waals surface area (Å²) in [5, 5.41) is 14.8. The van der Waals surface area contributed by atoms with Crippen LogP contribution in [0.2, 0.25) is 0 Å². The van der Waals surface area contributed by atoms with Crippen LogP contribution in [0.25, 0.3) is 10.4 Å². The third-order valence-electron chi connectivity index (χ3n) is 6.23. The number of rotatable bonds is 10. The van der Waals surface area contributed by atoms with E-state index in [1.165, 1.54) is 35.6 Å². The number of thiophene rings is 1. The molecule has 2 aromatic carbocycles. The van der Waals surface area contributed by atoms with Crippen LogP contribution in [0.3, 0.4) is 0 Å². The van der Waals surface area contributed by atoms with Crippen molar-refractivity contribution in [3.63, 3.8) is 0 Å². The molecule has 4 rings (SSSR count). The van der Waals surface area contributed by atoms with Crippen molar-refractivity contribution in [1.82, 2.24) is 5.32 Å². The maximum absolute atomic E-state index is 13.9. The fourth-order valence-corrected chi connectivity index (χ4v) is 8.31. The van der Waals surface area contributed by atoms with E-state index in [9.17, 15) is 28.1 Å². The molecule has 0 aliphatic carbocycles. The highest BCUT2D eigenvalue weighted by Gasteiger charge is 2.34. The zero-order valence-corrected chi connectivity index (χ0v) is 24.4. The van der Waals surface area contributed by atoms with Crippen LogP contribution in [0.4, 0.5) is 11.4 Å². The number of hydrogen-bond acceptors (Lipinski definition) is 10. The molecule has 40 heavy (non-hydrogen) atoms. The van der Waals surface area contributed by atoms with Crippen molar-refractivity contribution >= 4 is 60.6 Å². The van der Waals surface area contributed by atoms with Gasteiger partial charge in [0.2, 0.25) is 10.0 Å². The summed E-state index contributed by atoms with van der Waals surface area (Å²) in [5.41, 5.74) is 0.777. The molecule has 1 saturated heterocycles. The average molecular weight is 651 g/mol. The van der Waals surface area contributed by atoms with Crippen LogP contribution in [-0.2, 0) is 25.3 Å². The Kier molecular flexibility index (Phi) is 9.38. The van der Waals surface area contributed by atoms with Crippen molar-refractivity contribution in [2.24, 2.45) is 0 Å². The van der Waals surface area contributed by atoms with Gasteiger partial charge < -0.3 is 14.8 Å². The molecule has 1 aromatic heterocycles. The predicted octanol–water partition coefficient (Wildman–Crippen LogP) is 4.68. The molecular formula is C26H24BrN3O8S2. The number of anilines is 1. The van der Waals surface area contributed by atoms with E-state index in [0.717, 1.165) is 17.6 Å². The topological polar surface area (TPSA) is 145 Å². The van der Waals surface area contributed by atoms with Gasteiger partial charge in [0, 0.05) is 17.7 Å². The Morgan fingerprint density at radius 1 is 1.25 bits per heavy atom. The zero-order valence-electron chi connectivity index (χ0n) is 21.2. The molecule has 11 nitrogen and oxygen atoms in total. The van der Waals surface area contributed by atoms with Crippen molar-refractivity contribution in [3.05, 3.63) is 79.8 Å². The van der Waals surface area contributed by atoms with Crippen LogP contribution < -0.4 is 14.4 Å². The number of nitrogens with zero attached hydrogens (tertiary/aromatic N) is 2. The van der Waals surface area contributed by atoms with Crippen LogP contribution in [0.1, 0.15) is 28.1 Å². The Labute approximate surface area is 242 Å². The van der Waals surface area contributed by atoms with E-state index in [1.807, 2.05) is 0 Å². The van der Waals surface area contributed by atoms with E-state index in [2.05, 4.69) is 21.2 Å². The molecule has 0 bridgehead atoms.